The Hall–Kier alpha value is -0.600. The number of halogens is 3. The van der Waals surface area contributed by atoms with Crippen molar-refractivity contribution in [2.24, 2.45) is 5.92 Å². The summed E-state index contributed by atoms with van der Waals surface area (Å²) in [7, 11) is 0. The van der Waals surface area contributed by atoms with Crippen LogP contribution >= 0.6 is 40.7 Å². The van der Waals surface area contributed by atoms with Crippen LogP contribution in [0.4, 0.5) is 5.69 Å². The van der Waals surface area contributed by atoms with E-state index in [9.17, 15) is 15.2 Å². The van der Waals surface area contributed by atoms with E-state index in [0.717, 1.165) is 39.0 Å². The van der Waals surface area contributed by atoms with Crippen LogP contribution in [0.5, 0.6) is 5.75 Å². The molecule has 1 aliphatic heterocycles. The molecule has 1 saturated heterocycles. The van der Waals surface area contributed by atoms with Crippen LogP contribution in [0, 0.1) is 16.0 Å². The third-order valence-corrected chi connectivity index (χ3v) is 5.45. The number of hydrogen-bond acceptors (Lipinski definition) is 5. The fourth-order valence-electron chi connectivity index (χ4n) is 3.95. The first-order chi connectivity index (χ1) is 11.1. The van der Waals surface area contributed by atoms with Gasteiger partial charge in [0.1, 0.15) is 0 Å². The number of phenols is 1. The molecular formula is C16H24BrCl2N3O3. The number of benzene rings is 1. The van der Waals surface area contributed by atoms with Gasteiger partial charge in [0.2, 0.25) is 0 Å². The van der Waals surface area contributed by atoms with E-state index < -0.39 is 4.92 Å². The standard InChI is InChI=1S/C16H22BrN3O3.2ClH/c17-12-9-13(16(21)14(10-12)20(22)23)15(11-3-1-2-4-11)19-7-5-18-6-8-19;;/h9-11,15,18,21H,1-8H2;2*1H/t15-;;/m1../s1. The first kappa shape index (κ1) is 22.4. The van der Waals surface area contributed by atoms with E-state index in [2.05, 4.69) is 26.1 Å². The zero-order valence-corrected chi connectivity index (χ0v) is 17.0. The second kappa shape index (κ2) is 9.92. The zero-order valence-electron chi connectivity index (χ0n) is 13.8. The number of rotatable bonds is 4. The van der Waals surface area contributed by atoms with Gasteiger partial charge in [-0.25, -0.2) is 0 Å². The summed E-state index contributed by atoms with van der Waals surface area (Å²) >= 11 is 3.37. The van der Waals surface area contributed by atoms with E-state index in [4.69, 9.17) is 0 Å². The summed E-state index contributed by atoms with van der Waals surface area (Å²) in [6, 6.07) is 3.28. The molecule has 2 fully saturated rings. The first-order valence-corrected chi connectivity index (χ1v) is 8.99. The number of nitro benzene ring substituents is 1. The van der Waals surface area contributed by atoms with E-state index in [0.29, 0.717) is 16.0 Å². The quantitative estimate of drug-likeness (QED) is 0.527. The van der Waals surface area contributed by atoms with E-state index in [1.54, 1.807) is 0 Å². The first-order valence-electron chi connectivity index (χ1n) is 8.19. The number of phenolic OH excluding ortho intramolecular Hbond substituents is 1. The molecule has 2 aliphatic rings. The second-order valence-corrected chi connectivity index (χ2v) is 7.31. The Morgan fingerprint density at radius 1 is 1.24 bits per heavy atom. The van der Waals surface area contributed by atoms with Gasteiger partial charge in [-0.15, -0.1) is 24.8 Å². The fourth-order valence-corrected chi connectivity index (χ4v) is 4.42. The van der Waals surface area contributed by atoms with Gasteiger partial charge < -0.3 is 10.4 Å². The van der Waals surface area contributed by atoms with Crippen LogP contribution in [0.1, 0.15) is 37.3 Å². The summed E-state index contributed by atoms with van der Waals surface area (Å²) in [5.74, 6) is 0.279. The van der Waals surface area contributed by atoms with Crippen molar-refractivity contribution in [3.05, 3.63) is 32.3 Å². The van der Waals surface area contributed by atoms with Crippen molar-refractivity contribution in [2.45, 2.75) is 31.7 Å². The van der Waals surface area contributed by atoms with Gasteiger partial charge in [0.05, 0.1) is 4.92 Å². The summed E-state index contributed by atoms with van der Waals surface area (Å²) in [4.78, 5) is 13.1. The Bertz CT molecular complexity index is 594. The van der Waals surface area contributed by atoms with Crippen LogP contribution in [-0.4, -0.2) is 41.1 Å². The van der Waals surface area contributed by atoms with Crippen molar-refractivity contribution in [3.8, 4) is 5.75 Å². The molecule has 0 spiro atoms. The molecule has 0 unspecified atom stereocenters. The molecule has 1 heterocycles. The van der Waals surface area contributed by atoms with Gasteiger partial charge in [0.15, 0.2) is 5.75 Å². The Morgan fingerprint density at radius 2 is 1.84 bits per heavy atom. The van der Waals surface area contributed by atoms with Crippen LogP contribution < -0.4 is 5.32 Å². The number of piperazine rings is 1. The smallest absolute Gasteiger partial charge is 0.312 e. The summed E-state index contributed by atoms with van der Waals surface area (Å²) in [5, 5.41) is 25.1. The molecule has 25 heavy (non-hydrogen) atoms. The SMILES string of the molecule is Cl.Cl.O=[N+]([O-])c1cc(Br)cc([C@@H](C2CCCC2)N2CCNCC2)c1O. The predicted octanol–water partition coefficient (Wildman–Crippen LogP) is 4.04. The zero-order chi connectivity index (χ0) is 16.4. The highest BCUT2D eigenvalue weighted by Crippen LogP contribution is 2.46. The van der Waals surface area contributed by atoms with E-state index in [1.165, 1.54) is 18.9 Å². The lowest BCUT2D eigenvalue weighted by atomic mass is 9.89. The Balaban J connectivity index is 0.00000156. The van der Waals surface area contributed by atoms with Gasteiger partial charge in [-0.1, -0.05) is 28.8 Å². The van der Waals surface area contributed by atoms with Crippen molar-refractivity contribution in [1.82, 2.24) is 10.2 Å². The van der Waals surface area contributed by atoms with E-state index in [-0.39, 0.29) is 42.3 Å². The van der Waals surface area contributed by atoms with Crippen molar-refractivity contribution in [1.29, 1.82) is 0 Å². The van der Waals surface area contributed by atoms with Crippen molar-refractivity contribution >= 4 is 46.4 Å². The van der Waals surface area contributed by atoms with Gasteiger partial charge in [0, 0.05) is 48.3 Å². The molecule has 1 aromatic carbocycles. The molecule has 2 N–H and O–H groups in total. The Kier molecular flexibility index (Phi) is 8.91. The molecule has 0 aromatic heterocycles. The molecule has 9 heteroatoms. The lowest BCUT2D eigenvalue weighted by molar-refractivity contribution is -0.386. The van der Waals surface area contributed by atoms with Crippen LogP contribution in [0.2, 0.25) is 0 Å². The number of nitro groups is 1. The van der Waals surface area contributed by atoms with Gasteiger partial charge in [-0.05, 0) is 24.8 Å². The highest BCUT2D eigenvalue weighted by Gasteiger charge is 2.35. The molecule has 1 atom stereocenters. The maximum Gasteiger partial charge on any atom is 0.312 e. The third kappa shape index (κ3) is 4.98. The largest absolute Gasteiger partial charge is 0.502 e. The van der Waals surface area contributed by atoms with Crippen LogP contribution in [0.15, 0.2) is 16.6 Å². The summed E-state index contributed by atoms with van der Waals surface area (Å²) < 4.78 is 0.648. The lowest BCUT2D eigenvalue weighted by Crippen LogP contribution is -2.46. The molecule has 6 nitrogen and oxygen atoms in total. The van der Waals surface area contributed by atoms with Gasteiger partial charge >= 0.3 is 5.69 Å². The topological polar surface area (TPSA) is 78.6 Å². The van der Waals surface area contributed by atoms with Crippen LogP contribution in [0.3, 0.4) is 0 Å². The fraction of sp³-hybridized carbons (Fsp3) is 0.625. The van der Waals surface area contributed by atoms with Crippen molar-refractivity contribution in [2.75, 3.05) is 26.2 Å². The van der Waals surface area contributed by atoms with Crippen molar-refractivity contribution < 1.29 is 10.0 Å². The molecule has 0 bridgehead atoms. The summed E-state index contributed by atoms with van der Waals surface area (Å²) in [6.45, 7) is 3.64. The van der Waals surface area contributed by atoms with Gasteiger partial charge in [-0.3, -0.25) is 15.0 Å². The number of nitrogens with one attached hydrogen (secondary N) is 1. The molecule has 3 rings (SSSR count). The van der Waals surface area contributed by atoms with Crippen LogP contribution in [-0.2, 0) is 0 Å². The maximum atomic E-state index is 11.2. The normalized spacial score (nSPS) is 19.7. The monoisotopic (exact) mass is 455 g/mol. The molecule has 0 amide bonds. The number of nitrogens with zero attached hydrogens (tertiary/aromatic N) is 2. The number of hydrogen-bond donors (Lipinski definition) is 2. The molecular weight excluding hydrogens is 433 g/mol. The highest BCUT2D eigenvalue weighted by atomic mass is 79.9. The minimum atomic E-state index is -0.507. The average molecular weight is 457 g/mol. The molecule has 142 valence electrons. The molecule has 0 radical (unpaired) electrons. The van der Waals surface area contributed by atoms with E-state index in [1.807, 2.05) is 6.07 Å². The highest BCUT2D eigenvalue weighted by molar-refractivity contribution is 9.10. The van der Waals surface area contributed by atoms with Gasteiger partial charge in [0.25, 0.3) is 0 Å². The van der Waals surface area contributed by atoms with Crippen molar-refractivity contribution in [3.63, 3.8) is 0 Å². The summed E-state index contributed by atoms with van der Waals surface area (Å²) in [6.07, 6.45) is 4.64. The summed E-state index contributed by atoms with van der Waals surface area (Å²) in [5.41, 5.74) is 0.479. The molecule has 1 aliphatic carbocycles. The molecule has 1 saturated carbocycles. The minimum Gasteiger partial charge on any atom is -0.502 e. The average Bonchev–Trinajstić information content (AvgIpc) is 3.05. The predicted molar refractivity (Wildman–Crippen MR) is 106 cm³/mol. The minimum absolute atomic E-state index is 0. The van der Waals surface area contributed by atoms with E-state index >= 15 is 0 Å². The second-order valence-electron chi connectivity index (χ2n) is 6.40. The maximum absolute atomic E-state index is 11.2. The lowest BCUT2D eigenvalue weighted by Gasteiger charge is -2.38. The Labute approximate surface area is 168 Å². The Morgan fingerprint density at radius 3 is 2.40 bits per heavy atom. The molecule has 1 aromatic rings. The number of aromatic hydroxyl groups is 1. The van der Waals surface area contributed by atoms with Crippen LogP contribution in [0.25, 0.3) is 0 Å². The third-order valence-electron chi connectivity index (χ3n) is 4.99. The van der Waals surface area contributed by atoms with Gasteiger partial charge in [-0.2, -0.15) is 0 Å².